The molecule has 0 unspecified atom stereocenters. The number of anilines is 3. The van der Waals surface area contributed by atoms with E-state index in [1.165, 1.54) is 87.9 Å². The fraction of sp³-hybridized carbons (Fsp3) is 0. The van der Waals surface area contributed by atoms with E-state index in [4.69, 9.17) is 0 Å². The van der Waals surface area contributed by atoms with Crippen LogP contribution in [-0.4, -0.2) is 13.7 Å². The quantitative estimate of drug-likeness (QED) is 0.133. The number of rotatable bonds is 10. The van der Waals surface area contributed by atoms with Gasteiger partial charge in [-0.1, -0.05) is 176 Å². The number of benzene rings is 13. The summed E-state index contributed by atoms with van der Waals surface area (Å²) in [6.45, 7) is 0. The van der Waals surface area contributed by atoms with Crippen molar-refractivity contribution in [2.24, 2.45) is 0 Å². The minimum Gasteiger partial charge on any atom is -0.311 e. The summed E-state index contributed by atoms with van der Waals surface area (Å²) in [5.41, 5.74) is 23.2. The van der Waals surface area contributed by atoms with Crippen LogP contribution >= 0.6 is 0 Å². The fourth-order valence-electron chi connectivity index (χ4n) is 12.8. The van der Waals surface area contributed by atoms with Crippen molar-refractivity contribution < 1.29 is 0 Å². The lowest BCUT2D eigenvalue weighted by Crippen LogP contribution is -2.09. The maximum Gasteiger partial charge on any atom is 0.0542 e. The summed E-state index contributed by atoms with van der Waals surface area (Å²) in [7, 11) is 0. The fourth-order valence-corrected chi connectivity index (χ4v) is 12.8. The van der Waals surface area contributed by atoms with Crippen LogP contribution in [-0.2, 0) is 0 Å². The van der Waals surface area contributed by atoms with Gasteiger partial charge in [-0.25, -0.2) is 0 Å². The van der Waals surface area contributed by atoms with Gasteiger partial charge in [-0.15, -0.1) is 0 Å². The summed E-state index contributed by atoms with van der Waals surface area (Å²) in [5.74, 6) is 0. The van der Waals surface area contributed by atoms with Gasteiger partial charge in [-0.05, 0) is 184 Å². The number of fused-ring (bicyclic) bond motifs is 9. The lowest BCUT2D eigenvalue weighted by molar-refractivity contribution is 1.17. The molecule has 0 aliphatic rings. The molecule has 0 bridgehead atoms. The van der Waals surface area contributed by atoms with Crippen LogP contribution in [0.1, 0.15) is 0 Å². The Kier molecular flexibility index (Phi) is 11.2. The van der Waals surface area contributed by atoms with E-state index in [0.29, 0.717) is 0 Å². The molecule has 3 aromatic heterocycles. The Morgan fingerprint density at radius 2 is 0.415 bits per heavy atom. The molecular formula is C78H52N4. The lowest BCUT2D eigenvalue weighted by Gasteiger charge is -2.25. The van der Waals surface area contributed by atoms with E-state index in [-0.39, 0.29) is 0 Å². The van der Waals surface area contributed by atoms with Gasteiger partial charge in [0.25, 0.3) is 0 Å². The van der Waals surface area contributed by atoms with Crippen LogP contribution < -0.4 is 4.90 Å². The smallest absolute Gasteiger partial charge is 0.0542 e. The van der Waals surface area contributed by atoms with Gasteiger partial charge in [0, 0.05) is 66.4 Å². The number of hydrogen-bond acceptors (Lipinski definition) is 1. The van der Waals surface area contributed by atoms with Gasteiger partial charge in [-0.3, -0.25) is 0 Å². The molecule has 16 aromatic rings. The molecule has 82 heavy (non-hydrogen) atoms. The molecule has 3 heterocycles. The van der Waals surface area contributed by atoms with Crippen molar-refractivity contribution in [3.8, 4) is 61.6 Å². The molecule has 0 spiro atoms. The zero-order valence-electron chi connectivity index (χ0n) is 44.8. The van der Waals surface area contributed by atoms with Crippen LogP contribution in [0.15, 0.2) is 315 Å². The number of aromatic nitrogens is 3. The molecule has 16 rings (SSSR count). The van der Waals surface area contributed by atoms with Crippen LogP contribution in [0.5, 0.6) is 0 Å². The largest absolute Gasteiger partial charge is 0.311 e. The Morgan fingerprint density at radius 3 is 0.768 bits per heavy atom. The van der Waals surface area contributed by atoms with E-state index in [0.717, 1.165) is 56.2 Å². The molecule has 384 valence electrons. The van der Waals surface area contributed by atoms with Crippen LogP contribution in [0.2, 0.25) is 0 Å². The Balaban J connectivity index is 0.869. The minimum absolute atomic E-state index is 1.09. The zero-order valence-corrected chi connectivity index (χ0v) is 44.8. The molecular weight excluding hydrogens is 993 g/mol. The van der Waals surface area contributed by atoms with Gasteiger partial charge in [0.05, 0.1) is 33.1 Å². The second kappa shape index (κ2) is 19.5. The van der Waals surface area contributed by atoms with Gasteiger partial charge in [0.1, 0.15) is 0 Å². The number of para-hydroxylation sites is 3. The normalized spacial score (nSPS) is 11.7. The van der Waals surface area contributed by atoms with Gasteiger partial charge >= 0.3 is 0 Å². The minimum atomic E-state index is 1.09. The van der Waals surface area contributed by atoms with Crippen LogP contribution in [0.4, 0.5) is 17.1 Å². The zero-order chi connectivity index (χ0) is 54.1. The Hall–Kier alpha value is -10.9. The highest BCUT2D eigenvalue weighted by atomic mass is 15.1. The first-order valence-electron chi connectivity index (χ1n) is 28.1. The van der Waals surface area contributed by atoms with Crippen molar-refractivity contribution in [1.82, 2.24) is 13.7 Å². The topological polar surface area (TPSA) is 18.0 Å². The Bertz CT molecular complexity index is 5000. The summed E-state index contributed by atoms with van der Waals surface area (Å²) in [6, 6.07) is 115. The first kappa shape index (κ1) is 47.1. The van der Waals surface area contributed by atoms with E-state index < -0.39 is 0 Å². The van der Waals surface area contributed by atoms with E-state index in [1.807, 2.05) is 0 Å². The lowest BCUT2D eigenvalue weighted by atomic mass is 9.98. The monoisotopic (exact) mass is 1040 g/mol. The van der Waals surface area contributed by atoms with Crippen LogP contribution in [0, 0.1) is 0 Å². The molecule has 0 aliphatic carbocycles. The van der Waals surface area contributed by atoms with E-state index in [1.54, 1.807) is 0 Å². The van der Waals surface area contributed by atoms with Crippen molar-refractivity contribution in [1.29, 1.82) is 0 Å². The summed E-state index contributed by atoms with van der Waals surface area (Å²) < 4.78 is 7.31. The third-order valence-electron chi connectivity index (χ3n) is 16.6. The van der Waals surface area contributed by atoms with E-state index in [9.17, 15) is 0 Å². The van der Waals surface area contributed by atoms with Crippen molar-refractivity contribution in [2.45, 2.75) is 0 Å². The van der Waals surface area contributed by atoms with Gasteiger partial charge in [-0.2, -0.15) is 0 Å². The highest BCUT2D eigenvalue weighted by molar-refractivity contribution is 6.15. The van der Waals surface area contributed by atoms with Crippen molar-refractivity contribution in [2.75, 3.05) is 4.90 Å². The van der Waals surface area contributed by atoms with E-state index in [2.05, 4.69) is 334 Å². The maximum absolute atomic E-state index is 2.47. The van der Waals surface area contributed by atoms with E-state index >= 15 is 0 Å². The van der Waals surface area contributed by atoms with Crippen molar-refractivity contribution in [3.63, 3.8) is 0 Å². The molecule has 0 fully saturated rings. The molecule has 13 aromatic carbocycles. The molecule has 4 heteroatoms. The number of hydrogen-bond donors (Lipinski definition) is 0. The predicted molar refractivity (Wildman–Crippen MR) is 346 cm³/mol. The Morgan fingerprint density at radius 1 is 0.171 bits per heavy atom. The molecule has 0 aliphatic heterocycles. The molecule has 0 radical (unpaired) electrons. The van der Waals surface area contributed by atoms with Gasteiger partial charge in [0.2, 0.25) is 0 Å². The molecule has 0 saturated heterocycles. The molecule has 0 N–H and O–H groups in total. The van der Waals surface area contributed by atoms with Gasteiger partial charge in [0.15, 0.2) is 0 Å². The third kappa shape index (κ3) is 7.91. The number of nitrogens with zero attached hydrogens (tertiary/aromatic N) is 4. The highest BCUT2D eigenvalue weighted by Gasteiger charge is 2.21. The average Bonchev–Trinajstić information content (AvgIpc) is 3.55. The predicted octanol–water partition coefficient (Wildman–Crippen LogP) is 21.1. The van der Waals surface area contributed by atoms with Crippen LogP contribution in [0.3, 0.4) is 0 Å². The molecule has 0 atom stereocenters. The standard InChI is InChI=1S/C78H52N4/c1-7-19-53(20-8-1)56-31-41-73-67(47-56)69-50-59(34-44-74(69)81(73)65-38-36-64(37-39-65)79(61-25-13-4-14-26-61)62-27-15-5-16-28-62)60-35-45-77-70(51-60)68-48-57(54-21-9-2-10-22-54)33-43-76(68)82(77)66-40-46-78-72(52-66)71-49-58(55-23-11-3-12-24-55)32-42-75(71)80(78)63-29-17-6-18-30-63/h1-52H. The average molecular weight is 1050 g/mol. The maximum atomic E-state index is 2.47. The SMILES string of the molecule is c1ccc(-c2ccc3c(c2)c2cc(-c4ccc5c(c4)c4cc(-c6ccccc6)ccc4n5-c4ccc5c(c4)c4cc(-c6ccccc6)ccc4n5-c4ccccc4)ccc2n3-c2ccc(N(c3ccccc3)c3ccccc3)cc2)cc1. The summed E-state index contributed by atoms with van der Waals surface area (Å²) in [6.07, 6.45) is 0. The Labute approximate surface area is 475 Å². The van der Waals surface area contributed by atoms with Crippen molar-refractivity contribution in [3.05, 3.63) is 315 Å². The highest BCUT2D eigenvalue weighted by Crippen LogP contribution is 2.43. The third-order valence-corrected chi connectivity index (χ3v) is 16.6. The molecule has 0 amide bonds. The molecule has 4 nitrogen and oxygen atoms in total. The second-order valence-corrected chi connectivity index (χ2v) is 21.3. The molecule has 0 saturated carbocycles. The first-order valence-corrected chi connectivity index (χ1v) is 28.1. The summed E-state index contributed by atoms with van der Waals surface area (Å²) in [5, 5.41) is 7.26. The summed E-state index contributed by atoms with van der Waals surface area (Å²) >= 11 is 0. The van der Waals surface area contributed by atoms with Gasteiger partial charge < -0.3 is 18.6 Å². The second-order valence-electron chi connectivity index (χ2n) is 21.3. The summed E-state index contributed by atoms with van der Waals surface area (Å²) in [4.78, 5) is 2.32. The first-order chi connectivity index (χ1) is 40.7. The van der Waals surface area contributed by atoms with Crippen molar-refractivity contribution >= 4 is 82.5 Å². The van der Waals surface area contributed by atoms with Crippen LogP contribution in [0.25, 0.3) is 127 Å².